The number of carbonyl (C=O) groups is 1. The van der Waals surface area contributed by atoms with Crippen LogP contribution in [0.5, 0.6) is 11.5 Å². The molecular formula is C20H25NO3. The van der Waals surface area contributed by atoms with Crippen molar-refractivity contribution in [1.29, 1.82) is 0 Å². The number of nitrogens with zero attached hydrogens (tertiary/aromatic N) is 1. The van der Waals surface area contributed by atoms with Gasteiger partial charge in [0.15, 0.2) is 0 Å². The molecule has 0 aliphatic heterocycles. The fourth-order valence-electron chi connectivity index (χ4n) is 2.42. The molecule has 4 nitrogen and oxygen atoms in total. The van der Waals surface area contributed by atoms with E-state index >= 15 is 0 Å². The predicted molar refractivity (Wildman–Crippen MR) is 95.6 cm³/mol. The number of methoxy groups -OCH3 is 2. The number of benzene rings is 2. The molecule has 0 aromatic heterocycles. The number of ether oxygens (including phenoxy) is 2. The molecule has 0 heterocycles. The van der Waals surface area contributed by atoms with Crippen molar-refractivity contribution in [3.63, 3.8) is 0 Å². The van der Waals surface area contributed by atoms with E-state index in [1.54, 1.807) is 38.5 Å². The molecule has 0 atom stereocenters. The number of hydrogen-bond donors (Lipinski definition) is 0. The molecule has 2 aromatic carbocycles. The summed E-state index contributed by atoms with van der Waals surface area (Å²) in [4.78, 5) is 14.9. The van der Waals surface area contributed by atoms with Gasteiger partial charge in [-0.15, -0.1) is 0 Å². The van der Waals surface area contributed by atoms with Gasteiger partial charge in [0.1, 0.15) is 11.5 Å². The average Bonchev–Trinajstić information content (AvgIpc) is 2.58. The Labute approximate surface area is 144 Å². The Hall–Kier alpha value is -2.49. The van der Waals surface area contributed by atoms with E-state index in [2.05, 4.69) is 0 Å². The van der Waals surface area contributed by atoms with Crippen LogP contribution in [0, 0.1) is 0 Å². The molecule has 0 aliphatic rings. The number of amides is 1. The van der Waals surface area contributed by atoms with Crippen molar-refractivity contribution >= 4 is 5.91 Å². The molecule has 0 saturated carbocycles. The zero-order chi connectivity index (χ0) is 17.7. The lowest BCUT2D eigenvalue weighted by atomic mass is 10.0. The first-order valence-corrected chi connectivity index (χ1v) is 7.94. The van der Waals surface area contributed by atoms with Gasteiger partial charge in [-0.1, -0.05) is 12.1 Å². The van der Waals surface area contributed by atoms with E-state index in [0.29, 0.717) is 12.1 Å². The average molecular weight is 327 g/mol. The monoisotopic (exact) mass is 327 g/mol. The van der Waals surface area contributed by atoms with Crippen LogP contribution in [0.4, 0.5) is 0 Å². The maximum absolute atomic E-state index is 13.0. The highest BCUT2D eigenvalue weighted by Gasteiger charge is 2.27. The molecule has 4 heteroatoms. The smallest absolute Gasteiger partial charge is 0.254 e. The standard InChI is InChI=1S/C20H25NO3/c1-20(2,3)21(14-15-6-10-17(23-4)11-7-15)19(22)16-8-12-18(24-5)13-9-16/h6-13H,14H2,1-5H3. The van der Waals surface area contributed by atoms with Crippen LogP contribution >= 0.6 is 0 Å². The van der Waals surface area contributed by atoms with Gasteiger partial charge in [0.25, 0.3) is 5.91 Å². The minimum atomic E-state index is -0.295. The van der Waals surface area contributed by atoms with Gasteiger partial charge in [-0.05, 0) is 62.7 Å². The highest BCUT2D eigenvalue weighted by Crippen LogP contribution is 2.23. The summed E-state index contributed by atoms with van der Waals surface area (Å²) in [7, 11) is 3.26. The van der Waals surface area contributed by atoms with Crippen molar-refractivity contribution in [2.45, 2.75) is 32.9 Å². The molecule has 0 saturated heterocycles. The van der Waals surface area contributed by atoms with Gasteiger partial charge in [-0.2, -0.15) is 0 Å². The van der Waals surface area contributed by atoms with Crippen molar-refractivity contribution in [1.82, 2.24) is 4.90 Å². The van der Waals surface area contributed by atoms with Gasteiger partial charge < -0.3 is 14.4 Å². The topological polar surface area (TPSA) is 38.8 Å². The molecule has 24 heavy (non-hydrogen) atoms. The van der Waals surface area contributed by atoms with Crippen molar-refractivity contribution in [3.05, 3.63) is 59.7 Å². The number of hydrogen-bond acceptors (Lipinski definition) is 3. The summed E-state index contributed by atoms with van der Waals surface area (Å²) in [6, 6.07) is 15.0. The third kappa shape index (κ3) is 4.28. The largest absolute Gasteiger partial charge is 0.497 e. The maximum Gasteiger partial charge on any atom is 0.254 e. The highest BCUT2D eigenvalue weighted by molar-refractivity contribution is 5.94. The van der Waals surface area contributed by atoms with Crippen LogP contribution in [0.25, 0.3) is 0 Å². The Morgan fingerprint density at radius 1 is 0.875 bits per heavy atom. The number of carbonyl (C=O) groups excluding carboxylic acids is 1. The van der Waals surface area contributed by atoms with Crippen LogP contribution in [0.2, 0.25) is 0 Å². The number of rotatable bonds is 5. The van der Waals surface area contributed by atoms with Crippen LogP contribution in [0.15, 0.2) is 48.5 Å². The lowest BCUT2D eigenvalue weighted by Crippen LogP contribution is -2.45. The maximum atomic E-state index is 13.0. The van der Waals surface area contributed by atoms with Crippen LogP contribution < -0.4 is 9.47 Å². The normalized spacial score (nSPS) is 11.0. The van der Waals surface area contributed by atoms with Crippen molar-refractivity contribution in [2.75, 3.05) is 14.2 Å². The van der Waals surface area contributed by atoms with Gasteiger partial charge in [-0.25, -0.2) is 0 Å². The van der Waals surface area contributed by atoms with E-state index < -0.39 is 0 Å². The van der Waals surface area contributed by atoms with E-state index in [0.717, 1.165) is 17.1 Å². The van der Waals surface area contributed by atoms with Crippen molar-refractivity contribution < 1.29 is 14.3 Å². The molecule has 2 aromatic rings. The fraction of sp³-hybridized carbons (Fsp3) is 0.350. The summed E-state index contributed by atoms with van der Waals surface area (Å²) in [6.45, 7) is 6.66. The summed E-state index contributed by atoms with van der Waals surface area (Å²) in [5, 5.41) is 0. The molecule has 0 radical (unpaired) electrons. The predicted octanol–water partition coefficient (Wildman–Crippen LogP) is 4.14. The summed E-state index contributed by atoms with van der Waals surface area (Å²) in [5.74, 6) is 1.55. The molecule has 0 aliphatic carbocycles. The van der Waals surface area contributed by atoms with E-state index in [1.807, 2.05) is 49.9 Å². The van der Waals surface area contributed by atoms with E-state index in [9.17, 15) is 4.79 Å². The second-order valence-electron chi connectivity index (χ2n) is 6.64. The van der Waals surface area contributed by atoms with Crippen LogP contribution in [0.1, 0.15) is 36.7 Å². The summed E-state index contributed by atoms with van der Waals surface area (Å²) < 4.78 is 10.3. The first kappa shape index (κ1) is 17.9. The van der Waals surface area contributed by atoms with Crippen LogP contribution in [-0.4, -0.2) is 30.6 Å². The molecule has 0 N–H and O–H groups in total. The second-order valence-corrected chi connectivity index (χ2v) is 6.64. The Balaban J connectivity index is 2.24. The molecule has 1 amide bonds. The molecule has 0 spiro atoms. The van der Waals surface area contributed by atoms with Crippen LogP contribution in [-0.2, 0) is 6.54 Å². The van der Waals surface area contributed by atoms with E-state index in [4.69, 9.17) is 9.47 Å². The van der Waals surface area contributed by atoms with Gasteiger partial charge in [0.05, 0.1) is 14.2 Å². The highest BCUT2D eigenvalue weighted by atomic mass is 16.5. The minimum Gasteiger partial charge on any atom is -0.497 e. The Morgan fingerprint density at radius 3 is 1.75 bits per heavy atom. The van der Waals surface area contributed by atoms with Gasteiger partial charge in [-0.3, -0.25) is 4.79 Å². The van der Waals surface area contributed by atoms with Gasteiger partial charge >= 0.3 is 0 Å². The summed E-state index contributed by atoms with van der Waals surface area (Å²) in [5.41, 5.74) is 1.42. The Morgan fingerprint density at radius 2 is 1.33 bits per heavy atom. The third-order valence-corrected chi connectivity index (χ3v) is 3.89. The third-order valence-electron chi connectivity index (χ3n) is 3.89. The minimum absolute atomic E-state index is 0.000899. The Bertz CT molecular complexity index is 670. The Kier molecular flexibility index (Phi) is 5.50. The summed E-state index contributed by atoms with van der Waals surface area (Å²) in [6.07, 6.45) is 0. The van der Waals surface area contributed by atoms with Gasteiger partial charge in [0, 0.05) is 17.6 Å². The lowest BCUT2D eigenvalue weighted by Gasteiger charge is -2.36. The molecule has 2 rings (SSSR count). The van der Waals surface area contributed by atoms with E-state index in [-0.39, 0.29) is 11.4 Å². The van der Waals surface area contributed by atoms with Crippen molar-refractivity contribution in [3.8, 4) is 11.5 Å². The van der Waals surface area contributed by atoms with Gasteiger partial charge in [0.2, 0.25) is 0 Å². The van der Waals surface area contributed by atoms with Crippen LogP contribution in [0.3, 0.4) is 0 Å². The quantitative estimate of drug-likeness (QED) is 0.828. The molecule has 128 valence electrons. The zero-order valence-corrected chi connectivity index (χ0v) is 15.0. The first-order chi connectivity index (χ1) is 11.3. The molecule has 0 bridgehead atoms. The second kappa shape index (κ2) is 7.39. The molecular weight excluding hydrogens is 302 g/mol. The summed E-state index contributed by atoms with van der Waals surface area (Å²) >= 11 is 0. The van der Waals surface area contributed by atoms with E-state index in [1.165, 1.54) is 0 Å². The zero-order valence-electron chi connectivity index (χ0n) is 15.0. The molecule has 0 unspecified atom stereocenters. The first-order valence-electron chi connectivity index (χ1n) is 7.94. The lowest BCUT2D eigenvalue weighted by molar-refractivity contribution is 0.0559. The van der Waals surface area contributed by atoms with Crippen molar-refractivity contribution in [2.24, 2.45) is 0 Å². The molecule has 0 fully saturated rings. The fourth-order valence-corrected chi connectivity index (χ4v) is 2.42. The SMILES string of the molecule is COc1ccc(CN(C(=O)c2ccc(OC)cc2)C(C)(C)C)cc1.